The third kappa shape index (κ3) is 6.32. The third-order valence-corrected chi connectivity index (χ3v) is 5.40. The molecule has 33 heavy (non-hydrogen) atoms. The van der Waals surface area contributed by atoms with Crippen LogP contribution in [0.2, 0.25) is 0 Å². The van der Waals surface area contributed by atoms with Gasteiger partial charge in [0, 0.05) is 12.3 Å². The number of nitro benzene ring substituents is 1. The Bertz CT molecular complexity index is 1180. The first kappa shape index (κ1) is 24.7. The van der Waals surface area contributed by atoms with Crippen LogP contribution in [-0.4, -0.2) is 17.7 Å². The lowest BCUT2D eigenvalue weighted by atomic mass is 10.2. The Kier molecular flexibility index (Phi) is 7.75. The molecular weight excluding hydrogens is 573 g/mol. The maximum Gasteiger partial charge on any atom is 0.416 e. The van der Waals surface area contributed by atoms with Gasteiger partial charge in [0.1, 0.15) is 5.75 Å². The van der Waals surface area contributed by atoms with Gasteiger partial charge in [-0.2, -0.15) is 13.2 Å². The molecule has 0 amide bonds. The van der Waals surface area contributed by atoms with Crippen LogP contribution in [0.1, 0.15) is 18.1 Å². The fraction of sp³-hybridized carbons (Fsp3) is 0.136. The molecule has 0 saturated carbocycles. The van der Waals surface area contributed by atoms with Crippen molar-refractivity contribution in [1.29, 1.82) is 0 Å². The number of nitrogens with zero attached hydrogens (tertiary/aromatic N) is 2. The summed E-state index contributed by atoms with van der Waals surface area (Å²) in [5.74, 6) is 0.571. The zero-order valence-electron chi connectivity index (χ0n) is 16.9. The molecule has 0 bridgehead atoms. The molecule has 0 aromatic heterocycles. The highest BCUT2D eigenvalue weighted by Gasteiger charge is 2.33. The van der Waals surface area contributed by atoms with E-state index < -0.39 is 22.4 Å². The Hall–Kier alpha value is -2.92. The van der Waals surface area contributed by atoms with E-state index in [1.165, 1.54) is 0 Å². The Balaban J connectivity index is 1.85. The predicted octanol–water partition coefficient (Wildman–Crippen LogP) is 8.08. The van der Waals surface area contributed by atoms with E-state index in [0.717, 1.165) is 17.9 Å². The number of halogens is 5. The second-order valence-electron chi connectivity index (χ2n) is 6.54. The van der Waals surface area contributed by atoms with Gasteiger partial charge >= 0.3 is 11.9 Å². The number of nitro groups is 1. The van der Waals surface area contributed by atoms with E-state index in [2.05, 4.69) is 36.9 Å². The van der Waals surface area contributed by atoms with E-state index in [-0.39, 0.29) is 11.5 Å². The number of rotatable bonds is 7. The summed E-state index contributed by atoms with van der Waals surface area (Å²) < 4.78 is 50.6. The molecule has 0 radical (unpaired) electrons. The van der Waals surface area contributed by atoms with Gasteiger partial charge in [0.2, 0.25) is 5.75 Å². The Labute approximate surface area is 203 Å². The van der Waals surface area contributed by atoms with Gasteiger partial charge in [-0.1, -0.05) is 0 Å². The first-order valence-electron chi connectivity index (χ1n) is 9.38. The Morgan fingerprint density at radius 2 is 1.70 bits per heavy atom. The average molecular weight is 588 g/mol. The molecule has 11 heteroatoms. The van der Waals surface area contributed by atoms with E-state index in [9.17, 15) is 23.3 Å². The van der Waals surface area contributed by atoms with Crippen molar-refractivity contribution in [1.82, 2.24) is 0 Å². The summed E-state index contributed by atoms with van der Waals surface area (Å²) in [5.41, 5.74) is -0.561. The Morgan fingerprint density at radius 3 is 2.24 bits per heavy atom. The maximum absolute atomic E-state index is 12.9. The SMILES string of the molecule is CCOc1ccc(N=Cc2cc(Br)c(Oc3ccc(C(F)(F)F)cc3[N+](=O)[O-])c(Br)c2)cc1. The van der Waals surface area contributed by atoms with Crippen molar-refractivity contribution in [3.05, 3.63) is 84.8 Å². The van der Waals surface area contributed by atoms with Crippen molar-refractivity contribution >= 4 is 49.4 Å². The summed E-state index contributed by atoms with van der Waals surface area (Å²) >= 11 is 6.67. The standard InChI is InChI=1S/C22H15Br2F3N2O4/c1-2-32-16-6-4-15(5-7-16)28-12-13-9-17(23)21(18(24)10-13)33-20-8-3-14(22(25,26)27)11-19(20)29(30)31/h3-12H,2H2,1H3. The van der Waals surface area contributed by atoms with Crippen LogP contribution in [0.15, 0.2) is 68.5 Å². The monoisotopic (exact) mass is 586 g/mol. The van der Waals surface area contributed by atoms with Crippen LogP contribution in [0.5, 0.6) is 17.2 Å². The molecule has 6 nitrogen and oxygen atoms in total. The van der Waals surface area contributed by atoms with E-state index in [4.69, 9.17) is 9.47 Å². The van der Waals surface area contributed by atoms with Crippen molar-refractivity contribution in [3.63, 3.8) is 0 Å². The normalized spacial score (nSPS) is 11.6. The van der Waals surface area contributed by atoms with Crippen molar-refractivity contribution in [3.8, 4) is 17.2 Å². The van der Waals surface area contributed by atoms with E-state index in [1.807, 2.05) is 6.92 Å². The summed E-state index contributed by atoms with van der Waals surface area (Å²) in [7, 11) is 0. The summed E-state index contributed by atoms with van der Waals surface area (Å²) in [4.78, 5) is 14.8. The minimum atomic E-state index is -4.71. The zero-order valence-corrected chi connectivity index (χ0v) is 20.1. The lowest BCUT2D eigenvalue weighted by Gasteiger charge is -2.13. The summed E-state index contributed by atoms with van der Waals surface area (Å²) in [6.45, 7) is 2.46. The lowest BCUT2D eigenvalue weighted by Crippen LogP contribution is -2.06. The number of alkyl halides is 3. The van der Waals surface area contributed by atoms with Gasteiger partial charge in [0.25, 0.3) is 0 Å². The van der Waals surface area contributed by atoms with Crippen LogP contribution in [-0.2, 0) is 6.18 Å². The number of hydrogen-bond acceptors (Lipinski definition) is 5. The number of aliphatic imine (C=N–C) groups is 1. The molecule has 0 aliphatic heterocycles. The molecule has 3 aromatic rings. The van der Waals surface area contributed by atoms with Gasteiger partial charge in [-0.25, -0.2) is 0 Å². The van der Waals surface area contributed by atoms with Crippen LogP contribution >= 0.6 is 31.9 Å². The summed E-state index contributed by atoms with van der Waals surface area (Å²) in [6, 6.07) is 12.6. The van der Waals surface area contributed by atoms with Crippen molar-refractivity contribution in [2.45, 2.75) is 13.1 Å². The van der Waals surface area contributed by atoms with Crippen LogP contribution in [0, 0.1) is 10.1 Å². The zero-order chi connectivity index (χ0) is 24.2. The summed E-state index contributed by atoms with van der Waals surface area (Å²) in [6.07, 6.45) is -3.11. The van der Waals surface area contributed by atoms with E-state index >= 15 is 0 Å². The second-order valence-corrected chi connectivity index (χ2v) is 8.25. The molecule has 0 heterocycles. The molecule has 0 fully saturated rings. The molecular formula is C22H15Br2F3N2O4. The van der Waals surface area contributed by atoms with Gasteiger partial charge in [-0.05, 0) is 92.9 Å². The van der Waals surface area contributed by atoms with Crippen molar-refractivity contribution in [2.24, 2.45) is 4.99 Å². The van der Waals surface area contributed by atoms with Gasteiger partial charge < -0.3 is 9.47 Å². The van der Waals surface area contributed by atoms with E-state index in [1.54, 1.807) is 42.6 Å². The molecule has 0 aliphatic carbocycles. The van der Waals surface area contributed by atoms with Crippen molar-refractivity contribution in [2.75, 3.05) is 6.61 Å². The first-order valence-corrected chi connectivity index (χ1v) is 11.0. The first-order chi connectivity index (χ1) is 15.6. The molecule has 172 valence electrons. The minimum Gasteiger partial charge on any atom is -0.494 e. The second kappa shape index (κ2) is 10.3. The fourth-order valence-electron chi connectivity index (χ4n) is 2.73. The van der Waals surface area contributed by atoms with Gasteiger partial charge in [0.15, 0.2) is 5.75 Å². The third-order valence-electron chi connectivity index (χ3n) is 4.23. The van der Waals surface area contributed by atoms with Crippen LogP contribution in [0.4, 0.5) is 24.5 Å². The predicted molar refractivity (Wildman–Crippen MR) is 125 cm³/mol. The summed E-state index contributed by atoms with van der Waals surface area (Å²) in [5, 5.41) is 11.3. The molecule has 0 unspecified atom stereocenters. The molecule has 3 aromatic carbocycles. The minimum absolute atomic E-state index is 0.163. The highest BCUT2D eigenvalue weighted by molar-refractivity contribution is 9.11. The molecule has 0 atom stereocenters. The van der Waals surface area contributed by atoms with Crippen LogP contribution < -0.4 is 9.47 Å². The number of hydrogen-bond donors (Lipinski definition) is 0. The fourth-order valence-corrected chi connectivity index (χ4v) is 4.11. The van der Waals surface area contributed by atoms with Crippen molar-refractivity contribution < 1.29 is 27.6 Å². The van der Waals surface area contributed by atoms with Gasteiger partial charge in [0.05, 0.1) is 31.7 Å². The molecule has 0 spiro atoms. The highest BCUT2D eigenvalue weighted by Crippen LogP contribution is 2.42. The lowest BCUT2D eigenvalue weighted by molar-refractivity contribution is -0.385. The largest absolute Gasteiger partial charge is 0.494 e. The topological polar surface area (TPSA) is 74.0 Å². The maximum atomic E-state index is 12.9. The quantitative estimate of drug-likeness (QED) is 0.159. The number of ether oxygens (including phenoxy) is 2. The molecule has 0 saturated heterocycles. The van der Waals surface area contributed by atoms with Crippen LogP contribution in [0.3, 0.4) is 0 Å². The molecule has 3 rings (SSSR count). The smallest absolute Gasteiger partial charge is 0.416 e. The van der Waals surface area contributed by atoms with Gasteiger partial charge in [-0.15, -0.1) is 0 Å². The number of benzene rings is 3. The Morgan fingerprint density at radius 1 is 1.06 bits per heavy atom. The molecule has 0 aliphatic rings. The average Bonchev–Trinajstić information content (AvgIpc) is 2.75. The van der Waals surface area contributed by atoms with Crippen LogP contribution in [0.25, 0.3) is 0 Å². The van der Waals surface area contributed by atoms with Gasteiger partial charge in [-0.3, -0.25) is 15.1 Å². The highest BCUT2D eigenvalue weighted by atomic mass is 79.9. The van der Waals surface area contributed by atoms with E-state index in [0.29, 0.717) is 32.9 Å². The molecule has 0 N–H and O–H groups in total.